The molecule has 0 rings (SSSR count). The standard InChI is InChI=1S/C10H18O4.O/c1-3-5-6-13-8-9(7-11)14-10(12)4-2;/h4,9,11H,2-3,5-8H2,1H3;/q;-2. The molecule has 0 aromatic heterocycles. The number of carbonyl (C=O) groups excluding carboxylic acids is 1. The number of rotatable bonds is 8. The maximum absolute atomic E-state index is 10.8. The molecule has 0 saturated heterocycles. The molecule has 1 atom stereocenters. The van der Waals surface area contributed by atoms with E-state index in [1.807, 2.05) is 0 Å². The Hall–Kier alpha value is -0.910. The Balaban J connectivity index is 0. The van der Waals surface area contributed by atoms with Crippen molar-refractivity contribution in [3.05, 3.63) is 12.7 Å². The normalized spacial score (nSPS) is 11.3. The lowest BCUT2D eigenvalue weighted by atomic mass is 10.3. The van der Waals surface area contributed by atoms with Gasteiger partial charge in [-0.3, -0.25) is 0 Å². The average Bonchev–Trinajstić information content (AvgIpc) is 2.22. The molecule has 0 aliphatic carbocycles. The van der Waals surface area contributed by atoms with Crippen molar-refractivity contribution < 1.29 is 24.9 Å². The van der Waals surface area contributed by atoms with E-state index >= 15 is 0 Å². The molecule has 5 heteroatoms. The highest BCUT2D eigenvalue weighted by atomic mass is 16.6. The Morgan fingerprint density at radius 2 is 2.27 bits per heavy atom. The number of aliphatic hydroxyl groups is 1. The summed E-state index contributed by atoms with van der Waals surface area (Å²) in [5.74, 6) is -0.539. The SMILES string of the molecule is C=CC(=O)OC(CO)COCCCC.[O-2]. The van der Waals surface area contributed by atoms with E-state index in [0.717, 1.165) is 18.9 Å². The predicted molar refractivity (Wildman–Crippen MR) is 53.6 cm³/mol. The lowest BCUT2D eigenvalue weighted by Crippen LogP contribution is -2.26. The van der Waals surface area contributed by atoms with Crippen molar-refractivity contribution in [2.75, 3.05) is 19.8 Å². The molecule has 5 nitrogen and oxygen atoms in total. The maximum Gasteiger partial charge on any atom is 0.330 e. The van der Waals surface area contributed by atoms with Crippen LogP contribution in [0.3, 0.4) is 0 Å². The Morgan fingerprint density at radius 1 is 1.60 bits per heavy atom. The molecule has 0 saturated carbocycles. The summed E-state index contributed by atoms with van der Waals surface area (Å²) in [6, 6.07) is 0. The molecule has 0 bridgehead atoms. The van der Waals surface area contributed by atoms with Crippen LogP contribution >= 0.6 is 0 Å². The largest absolute Gasteiger partial charge is 2.00 e. The van der Waals surface area contributed by atoms with E-state index < -0.39 is 12.1 Å². The molecule has 0 radical (unpaired) electrons. The fourth-order valence-electron chi connectivity index (χ4n) is 0.798. The van der Waals surface area contributed by atoms with E-state index in [1.165, 1.54) is 0 Å². The molecule has 90 valence electrons. The molecule has 0 fully saturated rings. The van der Waals surface area contributed by atoms with Crippen molar-refractivity contribution in [3.8, 4) is 0 Å². The summed E-state index contributed by atoms with van der Waals surface area (Å²) in [7, 11) is 0. The second kappa shape index (κ2) is 11.2. The zero-order valence-electron chi connectivity index (χ0n) is 8.98. The zero-order chi connectivity index (χ0) is 10.8. The highest BCUT2D eigenvalue weighted by molar-refractivity contribution is 5.81. The van der Waals surface area contributed by atoms with Crippen LogP contribution in [0.5, 0.6) is 0 Å². The van der Waals surface area contributed by atoms with Gasteiger partial charge in [0.15, 0.2) is 0 Å². The lowest BCUT2D eigenvalue weighted by molar-refractivity contribution is -0.148. The first-order chi connectivity index (χ1) is 6.74. The lowest BCUT2D eigenvalue weighted by Gasteiger charge is -2.14. The van der Waals surface area contributed by atoms with Crippen molar-refractivity contribution in [2.45, 2.75) is 25.9 Å². The quantitative estimate of drug-likeness (QED) is 0.370. The summed E-state index contributed by atoms with van der Waals surface area (Å²) in [5.41, 5.74) is 0. The first-order valence-electron chi connectivity index (χ1n) is 4.76. The average molecular weight is 218 g/mol. The summed E-state index contributed by atoms with van der Waals surface area (Å²) in [6.07, 6.45) is 2.50. The monoisotopic (exact) mass is 218 g/mol. The third-order valence-corrected chi connectivity index (χ3v) is 1.60. The van der Waals surface area contributed by atoms with Gasteiger partial charge in [0.2, 0.25) is 0 Å². The Kier molecular flexibility index (Phi) is 12.3. The number of carbonyl (C=O) groups is 1. The number of hydrogen-bond donors (Lipinski definition) is 1. The molecule has 0 aromatic carbocycles. The fraction of sp³-hybridized carbons (Fsp3) is 0.700. The van der Waals surface area contributed by atoms with E-state index in [-0.39, 0.29) is 18.7 Å². The summed E-state index contributed by atoms with van der Waals surface area (Å²) in [6.45, 7) is 5.95. The molecular weight excluding hydrogens is 200 g/mol. The molecule has 0 spiro atoms. The van der Waals surface area contributed by atoms with E-state index in [2.05, 4.69) is 13.5 Å². The predicted octanol–water partition coefficient (Wildman–Crippen LogP) is 0.774. The Labute approximate surface area is 90.0 Å². The number of unbranched alkanes of at least 4 members (excludes halogenated alkanes) is 1. The molecule has 0 heterocycles. The summed E-state index contributed by atoms with van der Waals surface area (Å²) in [5, 5.41) is 8.84. The van der Waals surface area contributed by atoms with Crippen molar-refractivity contribution in [1.82, 2.24) is 0 Å². The van der Waals surface area contributed by atoms with Gasteiger partial charge in [-0.05, 0) is 6.42 Å². The van der Waals surface area contributed by atoms with Gasteiger partial charge in [-0.15, -0.1) is 0 Å². The van der Waals surface area contributed by atoms with Gasteiger partial charge in [0.1, 0.15) is 6.10 Å². The van der Waals surface area contributed by atoms with Crippen LogP contribution in [0.2, 0.25) is 0 Å². The van der Waals surface area contributed by atoms with Crippen LogP contribution in [0.4, 0.5) is 0 Å². The van der Waals surface area contributed by atoms with E-state index in [0.29, 0.717) is 6.61 Å². The van der Waals surface area contributed by atoms with Gasteiger partial charge in [-0.1, -0.05) is 19.9 Å². The molecule has 0 aliphatic heterocycles. The Morgan fingerprint density at radius 3 is 2.73 bits per heavy atom. The zero-order valence-corrected chi connectivity index (χ0v) is 8.98. The third-order valence-electron chi connectivity index (χ3n) is 1.60. The minimum absolute atomic E-state index is 0. The van der Waals surface area contributed by atoms with Gasteiger partial charge in [0.05, 0.1) is 13.2 Å². The van der Waals surface area contributed by atoms with Crippen LogP contribution in [-0.2, 0) is 19.7 Å². The molecule has 1 N–H and O–H groups in total. The smallest absolute Gasteiger partial charge is 0.330 e. The maximum atomic E-state index is 10.8. The number of hydrogen-bond acceptors (Lipinski definition) is 4. The van der Waals surface area contributed by atoms with Gasteiger partial charge in [0.25, 0.3) is 0 Å². The number of aliphatic hydroxyl groups excluding tert-OH is 1. The molecule has 0 aliphatic rings. The third kappa shape index (κ3) is 9.40. The highest BCUT2D eigenvalue weighted by Crippen LogP contribution is 1.96. The van der Waals surface area contributed by atoms with Crippen LogP contribution in [-0.4, -0.2) is 37.0 Å². The van der Waals surface area contributed by atoms with Crippen molar-refractivity contribution in [2.24, 2.45) is 0 Å². The highest BCUT2D eigenvalue weighted by Gasteiger charge is 2.10. The van der Waals surface area contributed by atoms with Gasteiger partial charge in [-0.2, -0.15) is 0 Å². The number of ether oxygens (including phenoxy) is 2. The van der Waals surface area contributed by atoms with E-state index in [1.54, 1.807) is 0 Å². The first-order valence-corrected chi connectivity index (χ1v) is 4.76. The molecular formula is C10H18O5-2. The van der Waals surface area contributed by atoms with E-state index in [9.17, 15) is 4.79 Å². The van der Waals surface area contributed by atoms with Crippen molar-refractivity contribution in [1.29, 1.82) is 0 Å². The van der Waals surface area contributed by atoms with Crippen LogP contribution in [0.15, 0.2) is 12.7 Å². The topological polar surface area (TPSA) is 84.3 Å². The van der Waals surface area contributed by atoms with Crippen LogP contribution in [0, 0.1) is 0 Å². The Bertz CT molecular complexity index is 169. The van der Waals surface area contributed by atoms with Crippen LogP contribution in [0.1, 0.15) is 19.8 Å². The van der Waals surface area contributed by atoms with E-state index in [4.69, 9.17) is 14.6 Å². The molecule has 0 aromatic rings. The molecule has 15 heavy (non-hydrogen) atoms. The first kappa shape index (κ1) is 16.5. The van der Waals surface area contributed by atoms with Gasteiger partial charge in [-0.25, -0.2) is 4.79 Å². The van der Waals surface area contributed by atoms with Gasteiger partial charge < -0.3 is 20.1 Å². The summed E-state index contributed by atoms with van der Waals surface area (Å²) >= 11 is 0. The minimum atomic E-state index is -0.586. The van der Waals surface area contributed by atoms with Crippen molar-refractivity contribution in [3.63, 3.8) is 0 Å². The van der Waals surface area contributed by atoms with Crippen LogP contribution < -0.4 is 0 Å². The second-order valence-electron chi connectivity index (χ2n) is 2.87. The fourth-order valence-corrected chi connectivity index (χ4v) is 0.798. The second-order valence-corrected chi connectivity index (χ2v) is 2.87. The number of esters is 1. The van der Waals surface area contributed by atoms with Crippen molar-refractivity contribution >= 4 is 5.97 Å². The minimum Gasteiger partial charge on any atom is -2.00 e. The van der Waals surface area contributed by atoms with Crippen LogP contribution in [0.25, 0.3) is 0 Å². The summed E-state index contributed by atoms with van der Waals surface area (Å²) in [4.78, 5) is 10.8. The van der Waals surface area contributed by atoms with Gasteiger partial charge in [0, 0.05) is 12.7 Å². The van der Waals surface area contributed by atoms with Gasteiger partial charge >= 0.3 is 5.97 Å². The molecule has 0 amide bonds. The summed E-state index contributed by atoms with van der Waals surface area (Å²) < 4.78 is 10.00. The molecule has 1 unspecified atom stereocenters.